The van der Waals surface area contributed by atoms with Crippen LogP contribution in [-0.4, -0.2) is 6.61 Å². The van der Waals surface area contributed by atoms with E-state index in [0.29, 0.717) is 11.6 Å². The molecule has 5 heteroatoms. The molecule has 0 aliphatic carbocycles. The highest BCUT2D eigenvalue weighted by Crippen LogP contribution is 2.28. The van der Waals surface area contributed by atoms with Crippen molar-refractivity contribution in [3.63, 3.8) is 0 Å². The Kier molecular flexibility index (Phi) is 5.98. The van der Waals surface area contributed by atoms with Crippen LogP contribution in [0.15, 0.2) is 45.3 Å². The van der Waals surface area contributed by atoms with Crippen LogP contribution in [0.1, 0.15) is 5.56 Å². The first-order valence-corrected chi connectivity index (χ1v) is 8.10. The van der Waals surface area contributed by atoms with Gasteiger partial charge in [-0.2, -0.15) is 0 Å². The molecule has 0 unspecified atom stereocenters. The fraction of sp³-hybridized carbons (Fsp3) is 0.125. The van der Waals surface area contributed by atoms with Gasteiger partial charge in [0.25, 0.3) is 0 Å². The van der Waals surface area contributed by atoms with Gasteiger partial charge in [-0.1, -0.05) is 49.4 Å². The number of benzene rings is 2. The summed E-state index contributed by atoms with van der Waals surface area (Å²) in [7, 11) is 0. The van der Waals surface area contributed by atoms with E-state index >= 15 is 0 Å². The first-order valence-electron chi connectivity index (χ1n) is 6.14. The normalized spacial score (nSPS) is 10.0. The Bertz CT molecular complexity index is 682. The van der Waals surface area contributed by atoms with E-state index in [9.17, 15) is 0 Å². The molecule has 0 aliphatic heterocycles. The van der Waals surface area contributed by atoms with Crippen LogP contribution in [0, 0.1) is 12.3 Å². The number of hydrogen-bond acceptors (Lipinski definition) is 2. The molecule has 0 amide bonds. The Balaban J connectivity index is 2.15. The van der Waals surface area contributed by atoms with Crippen LogP contribution < -0.4 is 10.1 Å². The molecule has 0 aromatic heterocycles. The third kappa shape index (κ3) is 4.67. The summed E-state index contributed by atoms with van der Waals surface area (Å²) in [6.45, 7) is 0.828. The van der Waals surface area contributed by atoms with Gasteiger partial charge in [0, 0.05) is 21.1 Å². The van der Waals surface area contributed by atoms with Crippen LogP contribution in [0.3, 0.4) is 0 Å². The lowest BCUT2D eigenvalue weighted by Crippen LogP contribution is -2.04. The number of nitrogens with one attached hydrogen (secondary N) is 1. The first-order chi connectivity index (χ1) is 10.1. The molecular weight excluding hydrogens is 417 g/mol. The summed E-state index contributed by atoms with van der Waals surface area (Å²) >= 11 is 13.0. The number of ether oxygens (including phenoxy) is 1. The average Bonchev–Trinajstić information content (AvgIpc) is 2.45. The molecule has 0 saturated heterocycles. The molecule has 0 spiro atoms. The molecule has 0 fully saturated rings. The van der Waals surface area contributed by atoms with Crippen LogP contribution in [-0.2, 0) is 6.54 Å². The minimum Gasteiger partial charge on any atom is -0.481 e. The quantitative estimate of drug-likeness (QED) is 0.635. The highest BCUT2D eigenvalue weighted by Gasteiger charge is 2.06. The maximum Gasteiger partial charge on any atom is 0.148 e. The molecule has 21 heavy (non-hydrogen) atoms. The average molecular weight is 430 g/mol. The molecule has 2 nitrogen and oxygen atoms in total. The second kappa shape index (κ2) is 7.74. The molecule has 0 atom stereocenters. The Labute approximate surface area is 146 Å². The van der Waals surface area contributed by atoms with Crippen molar-refractivity contribution >= 4 is 49.1 Å². The number of anilines is 1. The van der Waals surface area contributed by atoms with E-state index in [1.807, 2.05) is 36.4 Å². The molecule has 1 N–H and O–H groups in total. The largest absolute Gasteiger partial charge is 0.481 e. The Morgan fingerprint density at radius 3 is 2.57 bits per heavy atom. The number of rotatable bonds is 5. The van der Waals surface area contributed by atoms with E-state index in [1.54, 1.807) is 0 Å². The van der Waals surface area contributed by atoms with Crippen LogP contribution in [0.25, 0.3) is 0 Å². The summed E-state index contributed by atoms with van der Waals surface area (Å²) in [4.78, 5) is 0. The van der Waals surface area contributed by atoms with E-state index in [-0.39, 0.29) is 6.61 Å². The lowest BCUT2D eigenvalue weighted by molar-refractivity contribution is 0.366. The zero-order valence-electron chi connectivity index (χ0n) is 11.0. The van der Waals surface area contributed by atoms with E-state index in [1.165, 1.54) is 0 Å². The number of halogens is 3. The van der Waals surface area contributed by atoms with Crippen LogP contribution in [0.4, 0.5) is 5.69 Å². The summed E-state index contributed by atoms with van der Waals surface area (Å²) in [6, 6.07) is 11.5. The Hall–Kier alpha value is -1.15. The van der Waals surface area contributed by atoms with Crippen molar-refractivity contribution in [1.82, 2.24) is 0 Å². The maximum absolute atomic E-state index is 6.19. The van der Waals surface area contributed by atoms with Gasteiger partial charge in [-0.05, 0) is 36.4 Å². The van der Waals surface area contributed by atoms with E-state index in [0.717, 1.165) is 25.9 Å². The number of terminal acetylenes is 1. The molecule has 0 bridgehead atoms. The molecule has 0 aliphatic rings. The predicted molar refractivity (Wildman–Crippen MR) is 94.9 cm³/mol. The number of hydrogen-bond donors (Lipinski definition) is 1. The second-order valence-electron chi connectivity index (χ2n) is 4.22. The van der Waals surface area contributed by atoms with E-state index in [2.05, 4.69) is 43.1 Å². The Morgan fingerprint density at radius 2 is 1.86 bits per heavy atom. The molecule has 0 radical (unpaired) electrons. The molecular formula is C16H12Br2ClNO. The molecule has 108 valence electrons. The maximum atomic E-state index is 6.19. The van der Waals surface area contributed by atoms with Gasteiger partial charge in [-0.25, -0.2) is 0 Å². The molecule has 2 aromatic rings. The third-order valence-electron chi connectivity index (χ3n) is 2.73. The second-order valence-corrected chi connectivity index (χ2v) is 6.46. The minimum absolute atomic E-state index is 0.244. The summed E-state index contributed by atoms with van der Waals surface area (Å²) in [5, 5.41) is 3.95. The van der Waals surface area contributed by atoms with Gasteiger partial charge in [0.1, 0.15) is 12.4 Å². The monoisotopic (exact) mass is 427 g/mol. The zero-order valence-corrected chi connectivity index (χ0v) is 14.9. The SMILES string of the molecule is C#CCOc1ccc(Br)cc1CNc1ccc(Br)cc1Cl. The summed E-state index contributed by atoms with van der Waals surface area (Å²) < 4.78 is 7.47. The van der Waals surface area contributed by atoms with Gasteiger partial charge in [-0.3, -0.25) is 0 Å². The van der Waals surface area contributed by atoms with Crippen molar-refractivity contribution in [3.8, 4) is 18.1 Å². The smallest absolute Gasteiger partial charge is 0.148 e. The standard InChI is InChI=1S/C16H12Br2ClNO/c1-2-7-21-16-6-4-12(17)8-11(16)10-20-15-5-3-13(18)9-14(15)19/h1,3-6,8-9,20H,7,10H2. The van der Waals surface area contributed by atoms with Crippen LogP contribution >= 0.6 is 43.5 Å². The van der Waals surface area contributed by atoms with Crippen molar-refractivity contribution in [2.75, 3.05) is 11.9 Å². The van der Waals surface area contributed by atoms with Gasteiger partial charge in [0.05, 0.1) is 10.7 Å². The molecule has 2 rings (SSSR count). The Morgan fingerprint density at radius 1 is 1.14 bits per heavy atom. The van der Waals surface area contributed by atoms with Crippen LogP contribution in [0.2, 0.25) is 5.02 Å². The van der Waals surface area contributed by atoms with Crippen molar-refractivity contribution < 1.29 is 4.74 Å². The fourth-order valence-corrected chi connectivity index (χ4v) is 2.92. The van der Waals surface area contributed by atoms with Gasteiger partial charge in [-0.15, -0.1) is 6.42 Å². The minimum atomic E-state index is 0.244. The first kappa shape index (κ1) is 16.2. The summed E-state index contributed by atoms with van der Waals surface area (Å²) in [6.07, 6.45) is 5.23. The van der Waals surface area contributed by atoms with Crippen molar-refractivity contribution in [1.29, 1.82) is 0 Å². The molecule has 0 saturated carbocycles. The van der Waals surface area contributed by atoms with E-state index < -0.39 is 0 Å². The van der Waals surface area contributed by atoms with Gasteiger partial charge in [0.2, 0.25) is 0 Å². The van der Waals surface area contributed by atoms with Crippen LogP contribution in [0.5, 0.6) is 5.75 Å². The third-order valence-corrected chi connectivity index (χ3v) is 4.03. The fourth-order valence-electron chi connectivity index (χ4n) is 1.77. The highest BCUT2D eigenvalue weighted by molar-refractivity contribution is 9.10. The van der Waals surface area contributed by atoms with Gasteiger partial charge in [0.15, 0.2) is 0 Å². The summed E-state index contributed by atoms with van der Waals surface area (Å²) in [5.41, 5.74) is 1.86. The topological polar surface area (TPSA) is 21.3 Å². The summed E-state index contributed by atoms with van der Waals surface area (Å²) in [5.74, 6) is 3.23. The van der Waals surface area contributed by atoms with Crippen molar-refractivity contribution in [2.45, 2.75) is 6.54 Å². The van der Waals surface area contributed by atoms with Crippen molar-refractivity contribution in [3.05, 3.63) is 55.9 Å². The lowest BCUT2D eigenvalue weighted by atomic mass is 10.2. The highest BCUT2D eigenvalue weighted by atomic mass is 79.9. The van der Waals surface area contributed by atoms with Gasteiger partial charge >= 0.3 is 0 Å². The molecule has 2 aromatic carbocycles. The van der Waals surface area contributed by atoms with Crippen molar-refractivity contribution in [2.24, 2.45) is 0 Å². The predicted octanol–water partition coefficient (Wildman–Crippen LogP) is 5.49. The van der Waals surface area contributed by atoms with E-state index in [4.69, 9.17) is 22.8 Å². The molecule has 0 heterocycles. The van der Waals surface area contributed by atoms with Gasteiger partial charge < -0.3 is 10.1 Å². The lowest BCUT2D eigenvalue weighted by Gasteiger charge is -2.13. The zero-order chi connectivity index (χ0) is 15.2.